The summed E-state index contributed by atoms with van der Waals surface area (Å²) in [5.74, 6) is 2.04. The average molecular weight is 457 g/mol. The van der Waals surface area contributed by atoms with E-state index in [1.165, 1.54) is 12.5 Å². The number of carbonyl (C=O) groups excluding carboxylic acids is 2. The van der Waals surface area contributed by atoms with E-state index in [1.807, 2.05) is 17.0 Å². The number of nitrogens with zero attached hydrogens (tertiary/aromatic N) is 1. The number of amides is 2. The van der Waals surface area contributed by atoms with Crippen molar-refractivity contribution in [2.45, 2.75) is 50.6 Å². The van der Waals surface area contributed by atoms with Gasteiger partial charge in [-0.1, -0.05) is 26.0 Å². The van der Waals surface area contributed by atoms with Crippen molar-refractivity contribution in [3.8, 4) is 11.5 Å². The molecular weight excluding hydrogens is 424 g/mol. The molecule has 0 fully saturated rings. The summed E-state index contributed by atoms with van der Waals surface area (Å²) in [5, 5.41) is 2.85. The van der Waals surface area contributed by atoms with E-state index < -0.39 is 6.04 Å². The van der Waals surface area contributed by atoms with Crippen LogP contribution in [-0.4, -0.2) is 49.3 Å². The summed E-state index contributed by atoms with van der Waals surface area (Å²) in [6, 6.07) is 11.7. The fraction of sp³-hybridized carbons (Fsp3) is 0.440. The maximum absolute atomic E-state index is 13.3. The van der Waals surface area contributed by atoms with Gasteiger partial charge < -0.3 is 19.7 Å². The molecule has 1 aliphatic heterocycles. The van der Waals surface area contributed by atoms with Crippen LogP contribution in [0.1, 0.15) is 43.4 Å². The molecule has 2 aromatic rings. The molecule has 0 bridgehead atoms. The predicted molar refractivity (Wildman–Crippen MR) is 128 cm³/mol. The number of hydrogen-bond donors (Lipinski definition) is 1. The summed E-state index contributed by atoms with van der Waals surface area (Å²) >= 11 is 1.58. The average Bonchev–Trinajstić information content (AvgIpc) is 2.79. The number of thioether (sulfide) groups is 1. The van der Waals surface area contributed by atoms with Gasteiger partial charge in [-0.2, -0.15) is 0 Å². The number of carbonyl (C=O) groups is 2. The Balaban J connectivity index is 1.71. The largest absolute Gasteiger partial charge is 0.493 e. The molecule has 6 nitrogen and oxygen atoms in total. The molecule has 1 heterocycles. The lowest BCUT2D eigenvalue weighted by Gasteiger charge is -2.32. The quantitative estimate of drug-likeness (QED) is 0.608. The van der Waals surface area contributed by atoms with Gasteiger partial charge in [-0.05, 0) is 53.3 Å². The number of rotatable bonds is 8. The van der Waals surface area contributed by atoms with Gasteiger partial charge in [0.15, 0.2) is 11.5 Å². The monoisotopic (exact) mass is 456 g/mol. The van der Waals surface area contributed by atoms with Crippen molar-refractivity contribution in [3.05, 3.63) is 53.1 Å². The number of fused-ring (bicyclic) bond motifs is 1. The number of benzene rings is 2. The second-order valence-corrected chi connectivity index (χ2v) is 9.37. The summed E-state index contributed by atoms with van der Waals surface area (Å²) in [7, 11) is 3.22. The third kappa shape index (κ3) is 5.76. The Morgan fingerprint density at radius 3 is 2.25 bits per heavy atom. The van der Waals surface area contributed by atoms with Crippen LogP contribution in [0.4, 0.5) is 0 Å². The van der Waals surface area contributed by atoms with E-state index in [4.69, 9.17) is 9.47 Å². The Bertz CT molecular complexity index is 959. The molecule has 1 atom stereocenters. The van der Waals surface area contributed by atoms with Crippen LogP contribution in [0, 0.1) is 0 Å². The molecule has 2 aromatic carbocycles. The minimum Gasteiger partial charge on any atom is -0.493 e. The highest BCUT2D eigenvalue weighted by atomic mass is 32.2. The zero-order valence-electron chi connectivity index (χ0n) is 19.4. The molecule has 0 spiro atoms. The molecule has 1 unspecified atom stereocenters. The van der Waals surface area contributed by atoms with Gasteiger partial charge in [0.2, 0.25) is 11.8 Å². The molecule has 1 aliphatic rings. The predicted octanol–water partition coefficient (Wildman–Crippen LogP) is 4.01. The van der Waals surface area contributed by atoms with Crippen LogP contribution in [0.15, 0.2) is 41.3 Å². The minimum absolute atomic E-state index is 0.0630. The molecule has 1 N–H and O–H groups in total. The zero-order chi connectivity index (χ0) is 23.3. The third-order valence-corrected chi connectivity index (χ3v) is 6.77. The molecule has 0 aliphatic carbocycles. The lowest BCUT2D eigenvalue weighted by Crippen LogP contribution is -2.50. The Labute approximate surface area is 194 Å². The van der Waals surface area contributed by atoms with Crippen molar-refractivity contribution in [1.29, 1.82) is 0 Å². The highest BCUT2D eigenvalue weighted by Gasteiger charge is 2.29. The van der Waals surface area contributed by atoms with Crippen LogP contribution in [0.3, 0.4) is 0 Å². The van der Waals surface area contributed by atoms with Gasteiger partial charge in [0.05, 0.1) is 14.2 Å². The number of hydrogen-bond acceptors (Lipinski definition) is 5. The van der Waals surface area contributed by atoms with Crippen molar-refractivity contribution < 1.29 is 19.1 Å². The Hall–Kier alpha value is -2.67. The Kier molecular flexibility index (Phi) is 8.07. The normalized spacial score (nSPS) is 14.0. The van der Waals surface area contributed by atoms with Crippen molar-refractivity contribution in [3.63, 3.8) is 0 Å². The van der Waals surface area contributed by atoms with E-state index in [0.29, 0.717) is 36.3 Å². The smallest absolute Gasteiger partial charge is 0.246 e. The van der Waals surface area contributed by atoms with Crippen molar-refractivity contribution in [2.24, 2.45) is 0 Å². The molecule has 2 amide bonds. The summed E-state index contributed by atoms with van der Waals surface area (Å²) in [6.45, 7) is 6.86. The Morgan fingerprint density at radius 1 is 1.06 bits per heavy atom. The van der Waals surface area contributed by atoms with Crippen LogP contribution in [0.2, 0.25) is 0 Å². The highest BCUT2D eigenvalue weighted by Crippen LogP contribution is 2.33. The van der Waals surface area contributed by atoms with Gasteiger partial charge in [-0.25, -0.2) is 0 Å². The molecule has 32 heavy (non-hydrogen) atoms. The van der Waals surface area contributed by atoms with Crippen molar-refractivity contribution >= 4 is 23.6 Å². The van der Waals surface area contributed by atoms with Gasteiger partial charge >= 0.3 is 0 Å². The Morgan fingerprint density at radius 2 is 1.69 bits per heavy atom. The van der Waals surface area contributed by atoms with Crippen LogP contribution in [0.25, 0.3) is 0 Å². The number of ether oxygens (including phenoxy) is 2. The van der Waals surface area contributed by atoms with Crippen molar-refractivity contribution in [1.82, 2.24) is 10.2 Å². The molecule has 0 saturated carbocycles. The van der Waals surface area contributed by atoms with E-state index in [-0.39, 0.29) is 11.8 Å². The minimum atomic E-state index is -0.580. The highest BCUT2D eigenvalue weighted by molar-refractivity contribution is 7.99. The first-order chi connectivity index (χ1) is 15.3. The first-order valence-electron chi connectivity index (χ1n) is 10.8. The van der Waals surface area contributed by atoms with Crippen LogP contribution < -0.4 is 14.8 Å². The zero-order valence-corrected chi connectivity index (χ0v) is 20.3. The fourth-order valence-corrected chi connectivity index (χ4v) is 4.75. The summed E-state index contributed by atoms with van der Waals surface area (Å²) in [6.07, 6.45) is 0.734. The van der Waals surface area contributed by atoms with Gasteiger partial charge in [-0.3, -0.25) is 9.59 Å². The fourth-order valence-electron chi connectivity index (χ4n) is 3.84. The molecular formula is C25H32N2O4S. The van der Waals surface area contributed by atoms with Crippen molar-refractivity contribution in [2.75, 3.05) is 26.5 Å². The van der Waals surface area contributed by atoms with Crippen LogP contribution >= 0.6 is 11.8 Å². The van der Waals surface area contributed by atoms with E-state index in [0.717, 1.165) is 22.4 Å². The van der Waals surface area contributed by atoms with E-state index in [1.54, 1.807) is 26.0 Å². The van der Waals surface area contributed by atoms with Crippen LogP contribution in [0.5, 0.6) is 11.5 Å². The van der Waals surface area contributed by atoms with Gasteiger partial charge in [0, 0.05) is 30.7 Å². The second-order valence-electron chi connectivity index (χ2n) is 8.27. The SMILES string of the molecule is COc1cc2c(cc1OC)CN(C(=O)C(CSc1ccc(C(C)C)cc1)NC(C)=O)CC2. The summed E-state index contributed by atoms with van der Waals surface area (Å²) in [5.41, 5.74) is 3.48. The van der Waals surface area contributed by atoms with E-state index >= 15 is 0 Å². The van der Waals surface area contributed by atoms with Gasteiger partial charge in [0.25, 0.3) is 0 Å². The van der Waals surface area contributed by atoms with Crippen LogP contribution in [-0.2, 0) is 22.6 Å². The number of nitrogens with one attached hydrogen (secondary N) is 1. The topological polar surface area (TPSA) is 67.9 Å². The molecule has 0 aromatic heterocycles. The molecule has 172 valence electrons. The standard InChI is InChI=1S/C25H32N2O4S/c1-16(2)18-6-8-21(9-7-18)32-15-22(26-17(3)28)25(29)27-11-10-19-12-23(30-4)24(31-5)13-20(19)14-27/h6-9,12-13,16,22H,10-11,14-15H2,1-5H3,(H,26,28). The maximum Gasteiger partial charge on any atom is 0.246 e. The third-order valence-electron chi connectivity index (χ3n) is 5.67. The molecule has 0 radical (unpaired) electrons. The maximum atomic E-state index is 13.3. The van der Waals surface area contributed by atoms with Gasteiger partial charge in [0.1, 0.15) is 6.04 Å². The van der Waals surface area contributed by atoms with E-state index in [2.05, 4.69) is 43.4 Å². The first-order valence-corrected chi connectivity index (χ1v) is 11.8. The lowest BCUT2D eigenvalue weighted by atomic mass is 9.98. The molecule has 3 rings (SSSR count). The van der Waals surface area contributed by atoms with E-state index in [9.17, 15) is 9.59 Å². The summed E-state index contributed by atoms with van der Waals surface area (Å²) < 4.78 is 10.8. The summed E-state index contributed by atoms with van der Waals surface area (Å²) in [4.78, 5) is 28.0. The molecule has 7 heteroatoms. The first kappa shape index (κ1) is 24.0. The second kappa shape index (κ2) is 10.8. The van der Waals surface area contributed by atoms with Gasteiger partial charge in [-0.15, -0.1) is 11.8 Å². The molecule has 0 saturated heterocycles. The lowest BCUT2D eigenvalue weighted by molar-refractivity contribution is -0.136. The number of methoxy groups -OCH3 is 2.